The Labute approximate surface area is 124 Å². The Hall–Kier alpha value is -1.88. The number of amides is 1. The van der Waals surface area contributed by atoms with E-state index in [2.05, 4.69) is 5.32 Å². The fraction of sp³-hybridized carbons (Fsp3) is 0.500. The van der Waals surface area contributed by atoms with Crippen molar-refractivity contribution in [1.29, 1.82) is 0 Å². The Balaban J connectivity index is 1.96. The summed E-state index contributed by atoms with van der Waals surface area (Å²) >= 11 is 0. The zero-order valence-electron chi connectivity index (χ0n) is 12.2. The first-order valence-electron chi connectivity index (χ1n) is 7.27. The molecule has 5 heteroatoms. The summed E-state index contributed by atoms with van der Waals surface area (Å²) in [6.07, 6.45) is 2.53. The van der Waals surface area contributed by atoms with Crippen molar-refractivity contribution in [3.8, 4) is 0 Å². The van der Waals surface area contributed by atoms with E-state index in [9.17, 15) is 14.7 Å². The van der Waals surface area contributed by atoms with E-state index in [-0.39, 0.29) is 11.9 Å². The Morgan fingerprint density at radius 1 is 1.43 bits per heavy atom. The lowest BCUT2D eigenvalue weighted by molar-refractivity contribution is -0.149. The topological polar surface area (TPSA) is 92.4 Å². The number of hydrogen-bond donors (Lipinski definition) is 3. The van der Waals surface area contributed by atoms with Crippen LogP contribution in [-0.2, 0) is 16.0 Å². The second-order valence-corrected chi connectivity index (χ2v) is 5.97. The molecule has 1 aromatic carbocycles. The summed E-state index contributed by atoms with van der Waals surface area (Å²) in [5, 5.41) is 12.2. The van der Waals surface area contributed by atoms with Gasteiger partial charge in [-0.25, -0.2) is 0 Å². The second-order valence-electron chi connectivity index (χ2n) is 5.97. The number of carbonyl (C=O) groups excluding carboxylic acids is 1. The third-order valence-corrected chi connectivity index (χ3v) is 4.40. The molecule has 0 heterocycles. The van der Waals surface area contributed by atoms with Crippen molar-refractivity contribution >= 4 is 11.9 Å². The first-order valence-corrected chi connectivity index (χ1v) is 7.27. The minimum absolute atomic E-state index is 0.279. The third kappa shape index (κ3) is 3.42. The molecular weight excluding hydrogens is 268 g/mol. The average Bonchev–Trinajstić information content (AvgIpc) is 2.82. The van der Waals surface area contributed by atoms with Crippen molar-refractivity contribution in [1.82, 2.24) is 5.32 Å². The van der Waals surface area contributed by atoms with E-state index < -0.39 is 17.4 Å². The van der Waals surface area contributed by atoms with Gasteiger partial charge in [0.2, 0.25) is 5.91 Å². The van der Waals surface area contributed by atoms with Crippen LogP contribution < -0.4 is 11.1 Å². The first kappa shape index (κ1) is 15.5. The molecular formula is C16H22N2O3. The summed E-state index contributed by atoms with van der Waals surface area (Å²) in [7, 11) is 0. The van der Waals surface area contributed by atoms with Crippen molar-refractivity contribution in [2.24, 2.45) is 11.1 Å². The smallest absolute Gasteiger partial charge is 0.311 e. The van der Waals surface area contributed by atoms with Crippen LogP contribution in [0, 0.1) is 5.41 Å². The molecule has 1 aromatic rings. The van der Waals surface area contributed by atoms with E-state index in [1.807, 2.05) is 30.3 Å². The fourth-order valence-corrected chi connectivity index (χ4v) is 2.89. The third-order valence-electron chi connectivity index (χ3n) is 4.40. The van der Waals surface area contributed by atoms with E-state index in [0.29, 0.717) is 19.3 Å². The number of hydrogen-bond acceptors (Lipinski definition) is 3. The molecule has 0 saturated heterocycles. The highest BCUT2D eigenvalue weighted by Crippen LogP contribution is 2.38. The quantitative estimate of drug-likeness (QED) is 0.762. The molecule has 0 aliphatic heterocycles. The van der Waals surface area contributed by atoms with E-state index in [0.717, 1.165) is 12.0 Å². The van der Waals surface area contributed by atoms with Gasteiger partial charge in [0.15, 0.2) is 0 Å². The van der Waals surface area contributed by atoms with Gasteiger partial charge in [-0.15, -0.1) is 0 Å². The van der Waals surface area contributed by atoms with Gasteiger partial charge in [-0.3, -0.25) is 9.59 Å². The first-order chi connectivity index (χ1) is 9.93. The summed E-state index contributed by atoms with van der Waals surface area (Å²) in [4.78, 5) is 23.6. The zero-order chi connectivity index (χ0) is 15.5. The summed E-state index contributed by atoms with van der Waals surface area (Å²) in [5.74, 6) is -1.14. The standard InChI is InChI=1S/C16H22N2O3/c1-16(15(20)21)9-5-8-13(16)18-14(19)12(17)10-11-6-3-2-4-7-11/h2-4,6-7,12-13H,5,8-10,17H2,1H3,(H,18,19)(H,20,21)/t12-,13?,16?/m1/s1. The Morgan fingerprint density at radius 3 is 2.71 bits per heavy atom. The molecule has 4 N–H and O–H groups in total. The molecule has 1 amide bonds. The van der Waals surface area contributed by atoms with E-state index >= 15 is 0 Å². The molecule has 0 radical (unpaired) electrons. The van der Waals surface area contributed by atoms with Crippen LogP contribution in [0.25, 0.3) is 0 Å². The van der Waals surface area contributed by atoms with E-state index in [1.54, 1.807) is 6.92 Å². The lowest BCUT2D eigenvalue weighted by Gasteiger charge is -2.28. The van der Waals surface area contributed by atoms with Gasteiger partial charge >= 0.3 is 5.97 Å². The summed E-state index contributed by atoms with van der Waals surface area (Å²) in [5.41, 5.74) is 6.04. The molecule has 3 atom stereocenters. The molecule has 1 aliphatic carbocycles. The van der Waals surface area contributed by atoms with Gasteiger partial charge in [0.05, 0.1) is 11.5 Å². The average molecular weight is 290 g/mol. The number of nitrogens with two attached hydrogens (primary N) is 1. The van der Waals surface area contributed by atoms with Crippen molar-refractivity contribution in [2.45, 2.75) is 44.7 Å². The van der Waals surface area contributed by atoms with Crippen LogP contribution in [0.15, 0.2) is 30.3 Å². The Kier molecular flexibility index (Phi) is 4.63. The Morgan fingerprint density at radius 2 is 2.10 bits per heavy atom. The maximum Gasteiger partial charge on any atom is 0.311 e. The molecule has 0 spiro atoms. The number of carbonyl (C=O) groups is 2. The predicted molar refractivity (Wildman–Crippen MR) is 79.6 cm³/mol. The van der Waals surface area contributed by atoms with Crippen LogP contribution in [0.1, 0.15) is 31.7 Å². The highest BCUT2D eigenvalue weighted by atomic mass is 16.4. The van der Waals surface area contributed by atoms with Crippen molar-refractivity contribution < 1.29 is 14.7 Å². The van der Waals surface area contributed by atoms with E-state index in [4.69, 9.17) is 5.73 Å². The molecule has 114 valence electrons. The normalized spacial score (nSPS) is 26.3. The second kappa shape index (κ2) is 6.26. The molecule has 0 aromatic heterocycles. The number of aliphatic carboxylic acids is 1. The lowest BCUT2D eigenvalue weighted by Crippen LogP contribution is -2.52. The van der Waals surface area contributed by atoms with Gasteiger partial charge in [-0.05, 0) is 31.7 Å². The molecule has 0 bridgehead atoms. The van der Waals surface area contributed by atoms with Crippen molar-refractivity contribution in [3.05, 3.63) is 35.9 Å². The lowest BCUT2D eigenvalue weighted by atomic mass is 9.84. The molecule has 1 saturated carbocycles. The van der Waals surface area contributed by atoms with Crippen LogP contribution in [0.4, 0.5) is 0 Å². The predicted octanol–water partition coefficient (Wildman–Crippen LogP) is 1.32. The maximum absolute atomic E-state index is 12.2. The molecule has 2 rings (SSSR count). The van der Waals surface area contributed by atoms with Crippen LogP contribution in [-0.4, -0.2) is 29.1 Å². The maximum atomic E-state index is 12.2. The van der Waals surface area contributed by atoms with Gasteiger partial charge in [0.1, 0.15) is 0 Å². The minimum Gasteiger partial charge on any atom is -0.481 e. The SMILES string of the molecule is CC1(C(=O)O)CCCC1NC(=O)[C@H](N)Cc1ccccc1. The van der Waals surface area contributed by atoms with E-state index in [1.165, 1.54) is 0 Å². The summed E-state index contributed by atoms with van der Waals surface area (Å²) < 4.78 is 0. The van der Waals surface area contributed by atoms with Gasteiger partial charge in [0.25, 0.3) is 0 Å². The van der Waals surface area contributed by atoms with Gasteiger partial charge < -0.3 is 16.2 Å². The Bertz CT molecular complexity index is 518. The van der Waals surface area contributed by atoms with Gasteiger partial charge in [-0.2, -0.15) is 0 Å². The van der Waals surface area contributed by atoms with Gasteiger partial charge in [0, 0.05) is 6.04 Å². The zero-order valence-corrected chi connectivity index (χ0v) is 12.2. The number of carboxylic acids is 1. The highest BCUT2D eigenvalue weighted by molar-refractivity contribution is 5.84. The number of benzene rings is 1. The van der Waals surface area contributed by atoms with Crippen LogP contribution >= 0.6 is 0 Å². The number of nitrogens with one attached hydrogen (secondary N) is 1. The molecule has 2 unspecified atom stereocenters. The largest absolute Gasteiger partial charge is 0.481 e. The minimum atomic E-state index is -0.887. The number of rotatable bonds is 5. The van der Waals surface area contributed by atoms with Gasteiger partial charge in [-0.1, -0.05) is 36.8 Å². The molecule has 5 nitrogen and oxygen atoms in total. The van der Waals surface area contributed by atoms with Crippen molar-refractivity contribution in [2.75, 3.05) is 0 Å². The van der Waals surface area contributed by atoms with Crippen molar-refractivity contribution in [3.63, 3.8) is 0 Å². The van der Waals surface area contributed by atoms with Crippen LogP contribution in [0.3, 0.4) is 0 Å². The fourth-order valence-electron chi connectivity index (χ4n) is 2.89. The highest BCUT2D eigenvalue weighted by Gasteiger charge is 2.46. The summed E-state index contributed by atoms with van der Waals surface area (Å²) in [6.45, 7) is 1.69. The number of carboxylic acid groups (broad SMARTS) is 1. The molecule has 1 fully saturated rings. The van der Waals surface area contributed by atoms with Crippen LogP contribution in [0.5, 0.6) is 0 Å². The molecule has 1 aliphatic rings. The molecule has 21 heavy (non-hydrogen) atoms. The summed E-state index contributed by atoms with van der Waals surface area (Å²) in [6, 6.07) is 8.55. The monoisotopic (exact) mass is 290 g/mol. The van der Waals surface area contributed by atoms with Crippen LogP contribution in [0.2, 0.25) is 0 Å².